The fourth-order valence-corrected chi connectivity index (χ4v) is 1.14. The van der Waals surface area contributed by atoms with Gasteiger partial charge in [0.2, 0.25) is 0 Å². The van der Waals surface area contributed by atoms with Gasteiger partial charge in [0.1, 0.15) is 12.3 Å². The molecule has 0 atom stereocenters. The number of aromatic nitrogens is 1. The van der Waals surface area contributed by atoms with Gasteiger partial charge in [-0.25, -0.2) is 4.99 Å². The number of hydrogen-bond acceptors (Lipinski definition) is 4. The molecular weight excluding hydrogens is 224 g/mol. The van der Waals surface area contributed by atoms with E-state index in [1.807, 2.05) is 6.92 Å². The smallest absolute Gasteiger partial charge is 0.173 e. The normalized spacial score (nSPS) is 10.1. The quantitative estimate of drug-likeness (QED) is 0.433. The maximum absolute atomic E-state index is 9.69. The fourth-order valence-electron chi connectivity index (χ4n) is 1.14. The van der Waals surface area contributed by atoms with Gasteiger partial charge >= 0.3 is 0 Å². The van der Waals surface area contributed by atoms with Crippen molar-refractivity contribution in [2.24, 2.45) is 0 Å². The lowest BCUT2D eigenvalue weighted by atomic mass is 10.1. The third kappa shape index (κ3) is 3.83. The van der Waals surface area contributed by atoms with Gasteiger partial charge in [0.05, 0.1) is 17.9 Å². The molecule has 0 radical (unpaired) electrons. The van der Waals surface area contributed by atoms with Crippen LogP contribution in [0, 0.1) is 6.92 Å². The van der Waals surface area contributed by atoms with Crippen molar-refractivity contribution >= 4 is 18.8 Å². The average molecular weight is 243 g/mol. The van der Waals surface area contributed by atoms with E-state index in [9.17, 15) is 5.11 Å². The number of aromatic hydroxyl groups is 1. The lowest BCUT2D eigenvalue weighted by Gasteiger charge is -2.04. The van der Waals surface area contributed by atoms with E-state index in [0.717, 1.165) is 6.54 Å². The Morgan fingerprint density at radius 3 is 2.62 bits per heavy atom. The first-order valence-corrected chi connectivity index (χ1v) is 5.89. The number of aryl methyl sites for hydroxylation is 1. The molecule has 16 heavy (non-hydrogen) atoms. The molecule has 0 spiro atoms. The number of thiol groups is 1. The summed E-state index contributed by atoms with van der Waals surface area (Å²) in [6, 6.07) is 0. The molecule has 0 amide bonds. The topological polar surface area (TPSA) is 67.3 Å². The first-order valence-electron chi connectivity index (χ1n) is 5.00. The Morgan fingerprint density at radius 2 is 2.12 bits per heavy atom. The van der Waals surface area contributed by atoms with E-state index in [1.54, 1.807) is 25.6 Å². The van der Waals surface area contributed by atoms with Crippen molar-refractivity contribution in [3.8, 4) is 5.75 Å². The lowest BCUT2D eigenvalue weighted by molar-refractivity contribution is -0.446. The van der Waals surface area contributed by atoms with E-state index in [2.05, 4.69) is 22.6 Å². The Balaban J connectivity index is 0.00000106. The van der Waals surface area contributed by atoms with Gasteiger partial charge in [-0.15, -0.1) is 0 Å². The molecule has 1 rings (SSSR count). The van der Waals surface area contributed by atoms with Gasteiger partial charge < -0.3 is 10.2 Å². The van der Waals surface area contributed by atoms with Crippen LogP contribution < -0.4 is 4.99 Å². The monoisotopic (exact) mass is 243 g/mol. The summed E-state index contributed by atoms with van der Waals surface area (Å²) in [4.78, 5) is 6.94. The highest BCUT2D eigenvalue weighted by molar-refractivity contribution is 7.79. The van der Waals surface area contributed by atoms with Crippen LogP contribution in [0.2, 0.25) is 0 Å². The van der Waals surface area contributed by atoms with E-state index in [1.165, 1.54) is 0 Å². The summed E-state index contributed by atoms with van der Waals surface area (Å²) < 4.78 is 0. The average Bonchev–Trinajstić information content (AvgIpc) is 2.33. The molecule has 0 unspecified atom stereocenters. The summed E-state index contributed by atoms with van der Waals surface area (Å²) in [7, 11) is 0. The van der Waals surface area contributed by atoms with Gasteiger partial charge in [0.25, 0.3) is 0 Å². The van der Waals surface area contributed by atoms with Crippen LogP contribution in [-0.2, 0) is 6.61 Å². The second-order valence-corrected chi connectivity index (χ2v) is 2.99. The van der Waals surface area contributed by atoms with Crippen molar-refractivity contribution in [3.63, 3.8) is 0 Å². The summed E-state index contributed by atoms with van der Waals surface area (Å²) in [5, 5.41) is 18.7. The van der Waals surface area contributed by atoms with E-state index in [-0.39, 0.29) is 12.4 Å². The van der Waals surface area contributed by atoms with E-state index in [0.29, 0.717) is 16.8 Å². The highest BCUT2D eigenvalue weighted by Gasteiger charge is 2.10. The first kappa shape index (κ1) is 14.9. The predicted molar refractivity (Wildman–Crippen MR) is 68.1 cm³/mol. The molecule has 4 nitrogen and oxygen atoms in total. The molecule has 0 aliphatic heterocycles. The predicted octanol–water partition coefficient (Wildman–Crippen LogP) is -0.347. The second kappa shape index (κ2) is 8.13. The maximum atomic E-state index is 9.69. The molecule has 0 bridgehead atoms. The van der Waals surface area contributed by atoms with Crippen molar-refractivity contribution in [3.05, 3.63) is 23.0 Å². The van der Waals surface area contributed by atoms with Crippen molar-refractivity contribution in [1.82, 2.24) is 4.98 Å². The van der Waals surface area contributed by atoms with Gasteiger partial charge in [-0.1, -0.05) is 0 Å². The molecule has 0 saturated heterocycles. The summed E-state index contributed by atoms with van der Waals surface area (Å²) in [5.74, 6) is 0.123. The molecule has 1 aromatic rings. The van der Waals surface area contributed by atoms with Crippen molar-refractivity contribution < 1.29 is 15.2 Å². The number of rotatable bonds is 3. The minimum absolute atomic E-state index is 0.123. The highest BCUT2D eigenvalue weighted by atomic mass is 32.1. The standard InChI is InChI=1S/C10H14N2O2.CH4S/c1-3-11-5-9-8(6-13)4-12-7(2)10(9)14;1-2/h4-5,13-14H,3,6H2,1-2H3;2H,1H3/p+1. The molecule has 5 heteroatoms. The summed E-state index contributed by atoms with van der Waals surface area (Å²) in [5.41, 5.74) is 1.79. The number of nitrogens with zero attached hydrogens (tertiary/aromatic N) is 1. The third-order valence-corrected chi connectivity index (χ3v) is 1.98. The second-order valence-electron chi connectivity index (χ2n) is 2.99. The molecule has 3 N–H and O–H groups in total. The minimum atomic E-state index is -0.127. The van der Waals surface area contributed by atoms with E-state index < -0.39 is 0 Å². The molecular formula is C11H19N2O2S+. The molecule has 0 aromatic carbocycles. The molecule has 0 aliphatic carbocycles. The zero-order valence-electron chi connectivity index (χ0n) is 9.86. The molecule has 0 aliphatic rings. The van der Waals surface area contributed by atoms with Gasteiger partial charge in [0, 0.05) is 11.8 Å². The Kier molecular flexibility index (Phi) is 7.58. The fraction of sp³-hybridized carbons (Fsp3) is 0.455. The summed E-state index contributed by atoms with van der Waals surface area (Å²) in [6.45, 7) is 4.32. The summed E-state index contributed by atoms with van der Waals surface area (Å²) in [6.07, 6.45) is 4.95. The maximum Gasteiger partial charge on any atom is 0.173 e. The zero-order chi connectivity index (χ0) is 12.6. The third-order valence-electron chi connectivity index (χ3n) is 1.98. The van der Waals surface area contributed by atoms with Crippen molar-refractivity contribution in [2.45, 2.75) is 20.5 Å². The van der Waals surface area contributed by atoms with Gasteiger partial charge in [-0.2, -0.15) is 12.6 Å². The number of hydrogen-bond donors (Lipinski definition) is 4. The van der Waals surface area contributed by atoms with Gasteiger partial charge in [0.15, 0.2) is 6.21 Å². The van der Waals surface area contributed by atoms with Crippen LogP contribution in [0.3, 0.4) is 0 Å². The van der Waals surface area contributed by atoms with Crippen molar-refractivity contribution in [2.75, 3.05) is 12.8 Å². The molecule has 1 heterocycles. The number of pyridine rings is 1. The van der Waals surface area contributed by atoms with Crippen LogP contribution in [-0.4, -0.2) is 34.2 Å². The van der Waals surface area contributed by atoms with Gasteiger partial charge in [-0.05, 0) is 20.1 Å². The molecule has 90 valence electrons. The van der Waals surface area contributed by atoms with Gasteiger partial charge in [-0.3, -0.25) is 4.98 Å². The Bertz CT molecular complexity index is 354. The van der Waals surface area contributed by atoms with Crippen LogP contribution >= 0.6 is 12.6 Å². The molecule has 0 saturated carbocycles. The largest absolute Gasteiger partial charge is 0.505 e. The minimum Gasteiger partial charge on any atom is -0.505 e. The highest BCUT2D eigenvalue weighted by Crippen LogP contribution is 2.20. The van der Waals surface area contributed by atoms with Crippen LogP contribution in [0.15, 0.2) is 6.20 Å². The molecule has 0 fully saturated rings. The first-order chi connectivity index (χ1) is 7.70. The zero-order valence-corrected chi connectivity index (χ0v) is 10.8. The SMILES string of the molecule is CC[NH+]=Cc1c(CO)cnc(C)c1O.CS. The van der Waals surface area contributed by atoms with Crippen molar-refractivity contribution in [1.29, 1.82) is 0 Å². The van der Waals surface area contributed by atoms with Crippen LogP contribution in [0.4, 0.5) is 0 Å². The lowest BCUT2D eigenvalue weighted by Crippen LogP contribution is -2.68. The summed E-state index contributed by atoms with van der Waals surface area (Å²) >= 11 is 3.53. The van der Waals surface area contributed by atoms with Crippen LogP contribution in [0.25, 0.3) is 0 Å². The van der Waals surface area contributed by atoms with E-state index in [4.69, 9.17) is 5.11 Å². The van der Waals surface area contributed by atoms with Crippen LogP contribution in [0.5, 0.6) is 5.75 Å². The Labute approximate surface area is 101 Å². The van der Waals surface area contributed by atoms with Crippen LogP contribution in [0.1, 0.15) is 23.7 Å². The number of aliphatic hydroxyl groups excluding tert-OH is 1. The van der Waals surface area contributed by atoms with E-state index >= 15 is 0 Å². The number of nitrogens with one attached hydrogen (secondary N) is 1. The molecule has 1 aromatic heterocycles. The number of aliphatic hydroxyl groups is 1. The Morgan fingerprint density at radius 1 is 1.50 bits per heavy atom. The Hall–Kier alpha value is -1.07.